The lowest BCUT2D eigenvalue weighted by molar-refractivity contribution is 0.190. The molecule has 2 heterocycles. The van der Waals surface area contributed by atoms with Crippen LogP contribution in [0.3, 0.4) is 0 Å². The molecule has 0 fully saturated rings. The van der Waals surface area contributed by atoms with Crippen LogP contribution in [0.25, 0.3) is 0 Å². The zero-order valence-corrected chi connectivity index (χ0v) is 11.7. The number of aryl methyl sites for hydroxylation is 1. The largest absolute Gasteiger partial charge is 0.383 e. The van der Waals surface area contributed by atoms with Crippen LogP contribution in [0.4, 0.5) is 5.95 Å². The van der Waals surface area contributed by atoms with Crippen LogP contribution < -0.4 is 5.32 Å². The number of nitrogens with one attached hydrogen (secondary N) is 1. The van der Waals surface area contributed by atoms with Crippen molar-refractivity contribution in [2.45, 2.75) is 25.9 Å². The van der Waals surface area contributed by atoms with E-state index in [2.05, 4.69) is 34.3 Å². The van der Waals surface area contributed by atoms with Crippen molar-refractivity contribution in [2.75, 3.05) is 19.0 Å². The van der Waals surface area contributed by atoms with Crippen molar-refractivity contribution in [3.05, 3.63) is 24.5 Å². The highest BCUT2D eigenvalue weighted by molar-refractivity contribution is 5.29. The molecule has 104 valence electrons. The molecule has 0 saturated heterocycles. The van der Waals surface area contributed by atoms with Crippen molar-refractivity contribution in [2.24, 2.45) is 7.05 Å². The normalized spacial score (nSPS) is 14.3. The molecule has 0 saturated carbocycles. The molecule has 7 nitrogen and oxygen atoms in total. The Morgan fingerprint density at radius 3 is 2.84 bits per heavy atom. The Morgan fingerprint density at radius 2 is 2.21 bits per heavy atom. The highest BCUT2D eigenvalue weighted by Crippen LogP contribution is 2.19. The van der Waals surface area contributed by atoms with Gasteiger partial charge in [-0.25, -0.2) is 4.98 Å². The summed E-state index contributed by atoms with van der Waals surface area (Å²) in [6.07, 6.45) is 5.40. The number of hydrogen-bond donors (Lipinski definition) is 1. The number of imidazole rings is 1. The summed E-state index contributed by atoms with van der Waals surface area (Å²) in [6, 6.07) is 0.255. The Morgan fingerprint density at radius 1 is 1.42 bits per heavy atom. The molecular weight excluding hydrogens is 244 g/mol. The quantitative estimate of drug-likeness (QED) is 0.845. The van der Waals surface area contributed by atoms with E-state index in [0.29, 0.717) is 6.61 Å². The monoisotopic (exact) mass is 264 g/mol. The summed E-state index contributed by atoms with van der Waals surface area (Å²) >= 11 is 0. The van der Waals surface area contributed by atoms with Gasteiger partial charge in [0.25, 0.3) is 0 Å². The summed E-state index contributed by atoms with van der Waals surface area (Å²) in [6.45, 7) is 4.75. The summed E-state index contributed by atoms with van der Waals surface area (Å²) in [5.41, 5.74) is 0. The Kier molecular flexibility index (Phi) is 4.16. The van der Waals surface area contributed by atoms with Gasteiger partial charge in [-0.05, 0) is 13.8 Å². The first kappa shape index (κ1) is 13.5. The SMILES string of the molecule is COCC(C)Nc1nccn1C(C)c1nncn1C. The molecule has 1 N–H and O–H groups in total. The van der Waals surface area contributed by atoms with Crippen LogP contribution in [0, 0.1) is 0 Å². The standard InChI is InChI=1S/C12H20N6O/c1-9(7-19-4)15-12-13-5-6-18(12)10(2)11-16-14-8-17(11)3/h5-6,8-10H,7H2,1-4H3,(H,13,15). The Hall–Kier alpha value is -1.89. The predicted molar refractivity (Wildman–Crippen MR) is 72.0 cm³/mol. The van der Waals surface area contributed by atoms with Gasteiger partial charge in [0.1, 0.15) is 6.33 Å². The van der Waals surface area contributed by atoms with Gasteiger partial charge >= 0.3 is 0 Å². The molecule has 0 spiro atoms. The molecule has 0 amide bonds. The van der Waals surface area contributed by atoms with E-state index >= 15 is 0 Å². The van der Waals surface area contributed by atoms with Gasteiger partial charge in [-0.3, -0.25) is 0 Å². The van der Waals surface area contributed by atoms with Gasteiger partial charge in [-0.15, -0.1) is 10.2 Å². The van der Waals surface area contributed by atoms with E-state index in [-0.39, 0.29) is 12.1 Å². The van der Waals surface area contributed by atoms with Gasteiger partial charge in [-0.1, -0.05) is 0 Å². The fourth-order valence-corrected chi connectivity index (χ4v) is 2.04. The minimum atomic E-state index is 0.0623. The van der Waals surface area contributed by atoms with Crippen LogP contribution >= 0.6 is 0 Å². The van der Waals surface area contributed by atoms with E-state index in [9.17, 15) is 0 Å². The second kappa shape index (κ2) is 5.83. The maximum absolute atomic E-state index is 5.12. The van der Waals surface area contributed by atoms with Crippen LogP contribution in [0.2, 0.25) is 0 Å². The predicted octanol–water partition coefficient (Wildman–Crippen LogP) is 1.07. The van der Waals surface area contributed by atoms with E-state index in [1.807, 2.05) is 22.4 Å². The first-order valence-electron chi connectivity index (χ1n) is 6.25. The lowest BCUT2D eigenvalue weighted by atomic mass is 10.3. The fraction of sp³-hybridized carbons (Fsp3) is 0.583. The maximum Gasteiger partial charge on any atom is 0.203 e. The van der Waals surface area contributed by atoms with Crippen LogP contribution in [-0.4, -0.2) is 44.1 Å². The molecule has 7 heteroatoms. The average molecular weight is 264 g/mol. The minimum Gasteiger partial charge on any atom is -0.383 e. The molecule has 0 aliphatic heterocycles. The summed E-state index contributed by atoms with van der Waals surface area (Å²) < 4.78 is 9.07. The fourth-order valence-electron chi connectivity index (χ4n) is 2.04. The van der Waals surface area contributed by atoms with Gasteiger partial charge in [0.15, 0.2) is 5.82 Å². The number of nitrogens with zero attached hydrogens (tertiary/aromatic N) is 5. The number of aromatic nitrogens is 5. The summed E-state index contributed by atoms with van der Waals surface area (Å²) in [4.78, 5) is 4.34. The van der Waals surface area contributed by atoms with Crippen molar-refractivity contribution < 1.29 is 4.74 Å². The number of rotatable bonds is 6. The maximum atomic E-state index is 5.12. The lowest BCUT2D eigenvalue weighted by Crippen LogP contribution is -2.24. The number of anilines is 1. The van der Waals surface area contributed by atoms with E-state index in [1.54, 1.807) is 19.6 Å². The molecule has 2 unspecified atom stereocenters. The minimum absolute atomic E-state index is 0.0623. The van der Waals surface area contributed by atoms with E-state index in [1.165, 1.54) is 0 Å². The van der Waals surface area contributed by atoms with E-state index in [4.69, 9.17) is 4.74 Å². The van der Waals surface area contributed by atoms with Gasteiger partial charge in [0, 0.05) is 32.6 Å². The molecule has 0 aliphatic carbocycles. The topological polar surface area (TPSA) is 69.8 Å². The third kappa shape index (κ3) is 2.93. The van der Waals surface area contributed by atoms with E-state index < -0.39 is 0 Å². The molecule has 0 aliphatic rings. The van der Waals surface area contributed by atoms with Crippen LogP contribution in [0.1, 0.15) is 25.7 Å². The van der Waals surface area contributed by atoms with E-state index in [0.717, 1.165) is 11.8 Å². The molecular formula is C12H20N6O. The Balaban J connectivity index is 2.17. The molecule has 2 aromatic rings. The lowest BCUT2D eigenvalue weighted by Gasteiger charge is -2.19. The molecule has 0 aromatic carbocycles. The average Bonchev–Trinajstić information content (AvgIpc) is 2.97. The van der Waals surface area contributed by atoms with Crippen molar-refractivity contribution in [3.8, 4) is 0 Å². The molecule has 19 heavy (non-hydrogen) atoms. The zero-order valence-electron chi connectivity index (χ0n) is 11.7. The van der Waals surface area contributed by atoms with Gasteiger partial charge in [0.05, 0.1) is 12.6 Å². The first-order chi connectivity index (χ1) is 9.13. The molecule has 2 rings (SSSR count). The highest BCUT2D eigenvalue weighted by Gasteiger charge is 2.17. The van der Waals surface area contributed by atoms with Crippen molar-refractivity contribution in [3.63, 3.8) is 0 Å². The first-order valence-corrected chi connectivity index (χ1v) is 6.25. The number of hydrogen-bond acceptors (Lipinski definition) is 5. The summed E-state index contributed by atoms with van der Waals surface area (Å²) in [7, 11) is 3.62. The second-order valence-electron chi connectivity index (χ2n) is 4.63. The van der Waals surface area contributed by atoms with Gasteiger partial charge in [0.2, 0.25) is 5.95 Å². The van der Waals surface area contributed by atoms with Crippen LogP contribution in [0.5, 0.6) is 0 Å². The van der Waals surface area contributed by atoms with Crippen molar-refractivity contribution in [1.29, 1.82) is 0 Å². The Bertz CT molecular complexity index is 520. The third-order valence-electron chi connectivity index (χ3n) is 3.00. The van der Waals surface area contributed by atoms with Crippen molar-refractivity contribution >= 4 is 5.95 Å². The Labute approximate surface area is 112 Å². The molecule has 0 bridgehead atoms. The smallest absolute Gasteiger partial charge is 0.203 e. The molecule has 2 atom stereocenters. The number of methoxy groups -OCH3 is 1. The van der Waals surface area contributed by atoms with Gasteiger partial charge in [-0.2, -0.15) is 0 Å². The highest BCUT2D eigenvalue weighted by atomic mass is 16.5. The molecule has 0 radical (unpaired) electrons. The zero-order chi connectivity index (χ0) is 13.8. The summed E-state index contributed by atoms with van der Waals surface area (Å²) in [5.74, 6) is 1.69. The van der Waals surface area contributed by atoms with Crippen LogP contribution in [0.15, 0.2) is 18.7 Å². The van der Waals surface area contributed by atoms with Crippen LogP contribution in [-0.2, 0) is 11.8 Å². The molecule has 2 aromatic heterocycles. The number of ether oxygens (including phenoxy) is 1. The summed E-state index contributed by atoms with van der Waals surface area (Å²) in [5, 5.41) is 11.4. The van der Waals surface area contributed by atoms with Crippen molar-refractivity contribution in [1.82, 2.24) is 24.3 Å². The third-order valence-corrected chi connectivity index (χ3v) is 3.00. The van der Waals surface area contributed by atoms with Gasteiger partial charge < -0.3 is 19.2 Å². The second-order valence-corrected chi connectivity index (χ2v) is 4.63.